The molecule has 1 heterocycles. The molecule has 1 unspecified atom stereocenters. The fraction of sp³-hybridized carbons (Fsp3) is 0.957. The van der Waals surface area contributed by atoms with Crippen molar-refractivity contribution < 1.29 is 27.9 Å². The number of carboxylic acid groups (broad SMARTS) is 1. The summed E-state index contributed by atoms with van der Waals surface area (Å²) in [6.07, 6.45) is 15.2. The molecule has 0 aromatic rings. The number of nitrogens with one attached hydrogen (secondary N) is 1. The molecular weight excluding hydrogens is 721 g/mol. The van der Waals surface area contributed by atoms with Gasteiger partial charge >= 0.3 is 11.9 Å². The summed E-state index contributed by atoms with van der Waals surface area (Å²) in [5.74, 6) is 2.53. The van der Waals surface area contributed by atoms with Crippen molar-refractivity contribution in [1.82, 2.24) is 10.2 Å². The number of esters is 1. The second-order valence-electron chi connectivity index (χ2n) is 23.8. The molecule has 0 spiro atoms. The molecule has 1 saturated heterocycles. The van der Waals surface area contributed by atoms with Crippen molar-refractivity contribution in [3.63, 3.8) is 0 Å². The van der Waals surface area contributed by atoms with Crippen LogP contribution in [0, 0.1) is 79.8 Å². The van der Waals surface area contributed by atoms with Crippen LogP contribution in [0.15, 0.2) is 0 Å². The van der Waals surface area contributed by atoms with Crippen molar-refractivity contribution >= 4 is 21.8 Å². The van der Waals surface area contributed by atoms with Crippen molar-refractivity contribution in [3.05, 3.63) is 0 Å². The zero-order valence-corrected chi connectivity index (χ0v) is 37.7. The van der Waals surface area contributed by atoms with Crippen LogP contribution in [0.2, 0.25) is 0 Å². The Hall–Kier alpha value is -1.19. The summed E-state index contributed by atoms with van der Waals surface area (Å²) >= 11 is 0. The van der Waals surface area contributed by atoms with Crippen molar-refractivity contribution in [2.75, 3.05) is 31.1 Å². The first-order valence-corrected chi connectivity index (χ1v) is 24.9. The van der Waals surface area contributed by atoms with Gasteiger partial charge in [-0.2, -0.15) is 0 Å². The lowest BCUT2D eigenvalue weighted by molar-refractivity contribution is -0.250. The second kappa shape index (κ2) is 13.4. The third kappa shape index (κ3) is 6.07. The Morgan fingerprint density at radius 3 is 2.04 bits per heavy atom. The van der Waals surface area contributed by atoms with E-state index in [-0.39, 0.29) is 45.2 Å². The minimum absolute atomic E-state index is 0.132. The smallest absolute Gasteiger partial charge is 0.309 e. The Morgan fingerprint density at radius 1 is 0.750 bits per heavy atom. The molecule has 7 aliphatic carbocycles. The Balaban J connectivity index is 1.02. The standard InChI is InChI=1S/C47H78N2O6S/c1-29(2)34(49-23-25-56(53,54)26-24-49)28-48-47-18-13-30(43(7)19-20-43)38(47)31-11-12-36-44(8)16-15-37(55-40(52)33-27-32(39(50)51)41(33,3)4)42(5,6)35(44)14-17-46(36,10)45(31,9)21-22-47/h29-38,48H,11-28H2,1-10H3,(H,50,51)/t30-,31-,32+,33-,34?,35+,36-,37+,38-,44+,45-,46-,47+/m1/s1. The van der Waals surface area contributed by atoms with Gasteiger partial charge in [-0.1, -0.05) is 69.2 Å². The van der Waals surface area contributed by atoms with E-state index >= 15 is 0 Å². The molecule has 0 radical (unpaired) electrons. The van der Waals surface area contributed by atoms with Gasteiger partial charge in [0.05, 0.1) is 23.3 Å². The number of carbonyl (C=O) groups excluding carboxylic acids is 1. The number of carboxylic acids is 1. The second-order valence-corrected chi connectivity index (χ2v) is 26.1. The lowest BCUT2D eigenvalue weighted by Crippen LogP contribution is -2.69. The van der Waals surface area contributed by atoms with Crippen LogP contribution < -0.4 is 5.32 Å². The molecule has 8 fully saturated rings. The summed E-state index contributed by atoms with van der Waals surface area (Å²) in [6, 6.07) is 0.354. The predicted octanol–water partition coefficient (Wildman–Crippen LogP) is 8.62. The number of nitrogens with zero attached hydrogens (tertiary/aromatic N) is 1. The molecule has 8 aliphatic rings. The van der Waals surface area contributed by atoms with E-state index in [1.807, 2.05) is 13.8 Å². The fourth-order valence-corrected chi connectivity index (χ4v) is 17.8. The number of aliphatic carboxylic acids is 1. The van der Waals surface area contributed by atoms with Gasteiger partial charge in [0.1, 0.15) is 6.10 Å². The first kappa shape index (κ1) is 41.5. The molecule has 56 heavy (non-hydrogen) atoms. The SMILES string of the molecule is CC(C)C(CN[C@]12CC[C@@H](C3(C)CC3)[C@@H]1[C@H]1CC[C@@H]3[C@@]4(C)CC[C@H](OC(=O)[C@H]5C[C@@H](C(=O)O)C5(C)C)C(C)(C)[C@@H]4CC[C@@]3(C)[C@]1(C)CC2)N1CCS(=O)(=O)CC1. The van der Waals surface area contributed by atoms with E-state index in [1.54, 1.807) is 0 Å². The van der Waals surface area contributed by atoms with E-state index in [0.29, 0.717) is 72.1 Å². The van der Waals surface area contributed by atoms with E-state index in [0.717, 1.165) is 25.3 Å². The lowest BCUT2D eigenvalue weighted by Gasteiger charge is -2.73. The molecule has 13 atom stereocenters. The van der Waals surface area contributed by atoms with E-state index in [2.05, 4.69) is 65.6 Å². The third-order valence-electron chi connectivity index (χ3n) is 20.7. The van der Waals surface area contributed by atoms with E-state index < -0.39 is 27.1 Å². The molecule has 1 aliphatic heterocycles. The quantitative estimate of drug-likeness (QED) is 0.223. The maximum Gasteiger partial charge on any atom is 0.309 e. The molecule has 9 heteroatoms. The molecule has 318 valence electrons. The van der Waals surface area contributed by atoms with Crippen LogP contribution in [-0.2, 0) is 24.2 Å². The summed E-state index contributed by atoms with van der Waals surface area (Å²) in [5.41, 5.74) is 0.652. The number of carbonyl (C=O) groups is 2. The summed E-state index contributed by atoms with van der Waals surface area (Å²) in [7, 11) is -2.91. The van der Waals surface area contributed by atoms with Crippen LogP contribution in [0.5, 0.6) is 0 Å². The number of hydrogen-bond donors (Lipinski definition) is 2. The van der Waals surface area contributed by atoms with Gasteiger partial charge in [0.15, 0.2) is 9.84 Å². The van der Waals surface area contributed by atoms with Crippen LogP contribution in [0.4, 0.5) is 0 Å². The lowest BCUT2D eigenvalue weighted by atomic mass is 9.32. The van der Waals surface area contributed by atoms with Gasteiger partial charge in [-0.15, -0.1) is 0 Å². The summed E-state index contributed by atoms with van der Waals surface area (Å²) in [6.45, 7) is 26.2. The topological polar surface area (TPSA) is 113 Å². The Kier molecular flexibility index (Phi) is 9.94. The summed E-state index contributed by atoms with van der Waals surface area (Å²) < 4.78 is 31.2. The van der Waals surface area contributed by atoms with E-state index in [1.165, 1.54) is 64.2 Å². The molecule has 0 bridgehead atoms. The number of sulfone groups is 1. The minimum atomic E-state index is -2.91. The molecule has 7 saturated carbocycles. The van der Waals surface area contributed by atoms with E-state index in [4.69, 9.17) is 4.74 Å². The van der Waals surface area contributed by atoms with Crippen LogP contribution in [0.3, 0.4) is 0 Å². The fourth-order valence-electron chi connectivity index (χ4n) is 16.6. The van der Waals surface area contributed by atoms with Crippen LogP contribution in [0.25, 0.3) is 0 Å². The zero-order chi connectivity index (χ0) is 40.6. The summed E-state index contributed by atoms with van der Waals surface area (Å²) in [4.78, 5) is 28.0. The molecule has 8 rings (SSSR count). The van der Waals surface area contributed by atoms with Crippen LogP contribution >= 0.6 is 0 Å². The van der Waals surface area contributed by atoms with Gasteiger partial charge in [-0.3, -0.25) is 14.5 Å². The Labute approximate surface area is 340 Å². The molecule has 2 N–H and O–H groups in total. The minimum Gasteiger partial charge on any atom is -0.481 e. The van der Waals surface area contributed by atoms with Gasteiger partial charge < -0.3 is 15.2 Å². The number of ether oxygens (including phenoxy) is 1. The maximum absolute atomic E-state index is 13.7. The maximum atomic E-state index is 13.7. The van der Waals surface area contributed by atoms with Crippen molar-refractivity contribution in [2.45, 2.75) is 170 Å². The highest BCUT2D eigenvalue weighted by molar-refractivity contribution is 7.91. The predicted molar refractivity (Wildman–Crippen MR) is 222 cm³/mol. The molecule has 0 aromatic carbocycles. The van der Waals surface area contributed by atoms with Gasteiger partial charge in [-0.25, -0.2) is 8.42 Å². The Morgan fingerprint density at radius 2 is 1.43 bits per heavy atom. The molecule has 0 aromatic heterocycles. The highest BCUT2D eigenvalue weighted by atomic mass is 32.2. The number of hydrogen-bond acceptors (Lipinski definition) is 7. The average Bonchev–Trinajstić information content (AvgIpc) is 3.72. The monoisotopic (exact) mass is 799 g/mol. The number of fused-ring (bicyclic) bond motifs is 7. The highest BCUT2D eigenvalue weighted by Gasteiger charge is 2.72. The normalized spacial score (nSPS) is 47.6. The first-order chi connectivity index (χ1) is 26.0. The van der Waals surface area contributed by atoms with Gasteiger partial charge in [-0.05, 0) is 146 Å². The van der Waals surface area contributed by atoms with Gasteiger partial charge in [0, 0.05) is 36.6 Å². The molecular formula is C47H78N2O6S. The van der Waals surface area contributed by atoms with Gasteiger partial charge in [0.25, 0.3) is 0 Å². The molecule has 0 amide bonds. The molecule has 8 nitrogen and oxygen atoms in total. The van der Waals surface area contributed by atoms with Crippen LogP contribution in [-0.4, -0.2) is 79.2 Å². The van der Waals surface area contributed by atoms with Crippen LogP contribution in [0.1, 0.15) is 153 Å². The van der Waals surface area contributed by atoms with Crippen molar-refractivity contribution in [2.24, 2.45) is 79.8 Å². The van der Waals surface area contributed by atoms with Crippen molar-refractivity contribution in [1.29, 1.82) is 0 Å². The van der Waals surface area contributed by atoms with Crippen molar-refractivity contribution in [3.8, 4) is 0 Å². The Bertz CT molecular complexity index is 1670. The first-order valence-electron chi connectivity index (χ1n) is 23.1. The van der Waals surface area contributed by atoms with E-state index in [9.17, 15) is 23.1 Å². The summed E-state index contributed by atoms with van der Waals surface area (Å²) in [5, 5.41) is 14.1. The zero-order valence-electron chi connectivity index (χ0n) is 36.8. The highest BCUT2D eigenvalue weighted by Crippen LogP contribution is 2.78. The average molecular weight is 799 g/mol. The third-order valence-corrected chi connectivity index (χ3v) is 22.3. The number of rotatable bonds is 9. The van der Waals surface area contributed by atoms with Gasteiger partial charge in [0.2, 0.25) is 0 Å². The largest absolute Gasteiger partial charge is 0.481 e.